The summed E-state index contributed by atoms with van der Waals surface area (Å²) in [4.78, 5) is 70.1. The van der Waals surface area contributed by atoms with Crippen LogP contribution in [0.4, 0.5) is 0 Å². The van der Waals surface area contributed by atoms with Gasteiger partial charge in [-0.2, -0.15) is 0 Å². The van der Waals surface area contributed by atoms with Gasteiger partial charge in [0.2, 0.25) is 6.10 Å². The second-order valence-corrected chi connectivity index (χ2v) is 6.82. The molecular weight excluding hydrogens is 436 g/mol. The molecule has 0 radical (unpaired) electrons. The SMILES string of the molecule is CC(=O)OC[C@H]1O[C@@](COC(C)=O)(OC(C)=O)[C@@H](OC(C)=O)[C@@H](OC(C)=O)[C@@H]1OC(C)=O. The highest BCUT2D eigenvalue weighted by Crippen LogP contribution is 2.37. The van der Waals surface area contributed by atoms with Crippen LogP contribution in [0.2, 0.25) is 0 Å². The number of rotatable bonds is 8. The highest BCUT2D eigenvalue weighted by atomic mass is 16.8. The predicted octanol–water partition coefficient (Wildman–Crippen LogP) is -0.434. The van der Waals surface area contributed by atoms with Gasteiger partial charge in [-0.15, -0.1) is 0 Å². The molecule has 180 valence electrons. The van der Waals surface area contributed by atoms with Gasteiger partial charge in [-0.25, -0.2) is 0 Å². The van der Waals surface area contributed by atoms with Crippen molar-refractivity contribution in [2.45, 2.75) is 71.7 Å². The summed E-state index contributed by atoms with van der Waals surface area (Å²) in [5.74, 6) is -7.40. The highest BCUT2D eigenvalue weighted by Gasteiger charge is 2.63. The van der Waals surface area contributed by atoms with E-state index in [1.165, 1.54) is 0 Å². The molecule has 1 rings (SSSR count). The van der Waals surface area contributed by atoms with Gasteiger partial charge in [0, 0.05) is 41.5 Å². The quantitative estimate of drug-likeness (QED) is 0.337. The first-order valence-electron chi connectivity index (χ1n) is 9.43. The van der Waals surface area contributed by atoms with E-state index in [0.717, 1.165) is 41.5 Å². The van der Waals surface area contributed by atoms with Crippen LogP contribution in [-0.4, -0.2) is 79.2 Å². The number of ether oxygens (including phenoxy) is 7. The Morgan fingerprint density at radius 3 is 1.59 bits per heavy atom. The van der Waals surface area contributed by atoms with Gasteiger partial charge < -0.3 is 33.2 Å². The second kappa shape index (κ2) is 11.4. The largest absolute Gasteiger partial charge is 0.463 e. The number of carbonyl (C=O) groups excluding carboxylic acids is 6. The van der Waals surface area contributed by atoms with E-state index in [-0.39, 0.29) is 0 Å². The normalized spacial score (nSPS) is 26.8. The zero-order chi connectivity index (χ0) is 24.6. The Morgan fingerprint density at radius 2 is 1.16 bits per heavy atom. The van der Waals surface area contributed by atoms with E-state index in [1.807, 2.05) is 0 Å². The molecule has 13 heteroatoms. The summed E-state index contributed by atoms with van der Waals surface area (Å²) < 4.78 is 36.6. The average Bonchev–Trinajstić information content (AvgIpc) is 2.62. The lowest BCUT2D eigenvalue weighted by Crippen LogP contribution is -2.70. The molecule has 1 aliphatic rings. The Bertz CT molecular complexity index is 760. The zero-order valence-electron chi connectivity index (χ0n) is 18.5. The van der Waals surface area contributed by atoms with Gasteiger partial charge in [-0.1, -0.05) is 0 Å². The molecule has 0 unspecified atom stereocenters. The maximum absolute atomic E-state index is 11.9. The van der Waals surface area contributed by atoms with Crippen molar-refractivity contribution in [3.63, 3.8) is 0 Å². The van der Waals surface area contributed by atoms with Gasteiger partial charge >= 0.3 is 35.8 Å². The smallest absolute Gasteiger partial charge is 0.305 e. The summed E-state index contributed by atoms with van der Waals surface area (Å²) >= 11 is 0. The van der Waals surface area contributed by atoms with Crippen LogP contribution in [0.5, 0.6) is 0 Å². The maximum atomic E-state index is 11.9. The third-order valence-corrected chi connectivity index (χ3v) is 3.91. The fourth-order valence-corrected chi connectivity index (χ4v) is 3.02. The van der Waals surface area contributed by atoms with Gasteiger partial charge in [0.25, 0.3) is 5.79 Å². The Kier molecular flexibility index (Phi) is 9.56. The van der Waals surface area contributed by atoms with Crippen molar-refractivity contribution in [2.24, 2.45) is 0 Å². The molecule has 32 heavy (non-hydrogen) atoms. The molecule has 0 aromatic heterocycles. The van der Waals surface area contributed by atoms with Crippen LogP contribution in [-0.2, 0) is 61.9 Å². The lowest BCUT2D eigenvalue weighted by atomic mass is 9.91. The van der Waals surface area contributed by atoms with Crippen LogP contribution in [0.15, 0.2) is 0 Å². The lowest BCUT2D eigenvalue weighted by Gasteiger charge is -2.49. The van der Waals surface area contributed by atoms with Crippen LogP contribution in [0, 0.1) is 0 Å². The molecule has 1 heterocycles. The predicted molar refractivity (Wildman–Crippen MR) is 99.3 cm³/mol. The molecule has 1 aliphatic heterocycles. The number of carbonyl (C=O) groups is 6. The van der Waals surface area contributed by atoms with E-state index in [4.69, 9.17) is 33.2 Å². The summed E-state index contributed by atoms with van der Waals surface area (Å²) in [6, 6.07) is 0. The average molecular weight is 462 g/mol. The Balaban J connectivity index is 3.65. The molecule has 1 fully saturated rings. The van der Waals surface area contributed by atoms with Crippen molar-refractivity contribution in [2.75, 3.05) is 13.2 Å². The third kappa shape index (κ3) is 7.80. The Morgan fingerprint density at radius 1 is 0.656 bits per heavy atom. The summed E-state index contributed by atoms with van der Waals surface area (Å²) in [6.07, 6.45) is -6.16. The maximum Gasteiger partial charge on any atom is 0.305 e. The molecule has 0 bridgehead atoms. The van der Waals surface area contributed by atoms with Gasteiger partial charge in [0.05, 0.1) is 0 Å². The Labute approximate surface area is 183 Å². The molecule has 0 amide bonds. The minimum atomic E-state index is -2.33. The van der Waals surface area contributed by atoms with Crippen LogP contribution in [0.1, 0.15) is 41.5 Å². The number of hydrogen-bond donors (Lipinski definition) is 0. The molecule has 13 nitrogen and oxygen atoms in total. The molecule has 1 saturated heterocycles. The van der Waals surface area contributed by atoms with E-state index in [2.05, 4.69) is 0 Å². The monoisotopic (exact) mass is 462 g/mol. The van der Waals surface area contributed by atoms with Crippen molar-refractivity contribution >= 4 is 35.8 Å². The summed E-state index contributed by atoms with van der Waals surface area (Å²) in [7, 11) is 0. The molecule has 0 N–H and O–H groups in total. The van der Waals surface area contributed by atoms with E-state index in [9.17, 15) is 28.8 Å². The fraction of sp³-hybridized carbons (Fsp3) is 0.684. The number of esters is 6. The molecule has 0 aliphatic carbocycles. The molecular formula is C19H26O13. The van der Waals surface area contributed by atoms with E-state index >= 15 is 0 Å². The summed E-state index contributed by atoms with van der Waals surface area (Å²) in [6.45, 7) is 4.94. The lowest BCUT2D eigenvalue weighted by molar-refractivity contribution is -0.361. The van der Waals surface area contributed by atoms with Crippen molar-refractivity contribution in [3.05, 3.63) is 0 Å². The molecule has 0 spiro atoms. The first-order chi connectivity index (χ1) is 14.8. The highest BCUT2D eigenvalue weighted by molar-refractivity contribution is 5.70. The van der Waals surface area contributed by atoms with Gasteiger partial charge in [0.1, 0.15) is 12.7 Å². The molecule has 0 saturated carbocycles. The minimum absolute atomic E-state index is 0.541. The van der Waals surface area contributed by atoms with Crippen LogP contribution >= 0.6 is 0 Å². The van der Waals surface area contributed by atoms with Crippen molar-refractivity contribution in [1.82, 2.24) is 0 Å². The molecule has 5 atom stereocenters. The van der Waals surface area contributed by atoms with Crippen LogP contribution < -0.4 is 0 Å². The topological polar surface area (TPSA) is 167 Å². The molecule has 0 aromatic carbocycles. The number of hydrogen-bond acceptors (Lipinski definition) is 13. The Hall–Kier alpha value is -3.22. The van der Waals surface area contributed by atoms with E-state index in [0.29, 0.717) is 0 Å². The van der Waals surface area contributed by atoms with Crippen LogP contribution in [0.25, 0.3) is 0 Å². The van der Waals surface area contributed by atoms with Gasteiger partial charge in [0.15, 0.2) is 18.8 Å². The molecule has 0 aromatic rings. The first kappa shape index (κ1) is 26.8. The zero-order valence-corrected chi connectivity index (χ0v) is 18.5. The summed E-state index contributed by atoms with van der Waals surface area (Å²) in [5.41, 5.74) is 0. The van der Waals surface area contributed by atoms with Crippen molar-refractivity contribution in [1.29, 1.82) is 0 Å². The fourth-order valence-electron chi connectivity index (χ4n) is 3.02. The van der Waals surface area contributed by atoms with E-state index < -0.39 is 79.2 Å². The van der Waals surface area contributed by atoms with E-state index in [1.54, 1.807) is 0 Å². The van der Waals surface area contributed by atoms with Crippen LogP contribution in [0.3, 0.4) is 0 Å². The third-order valence-electron chi connectivity index (χ3n) is 3.91. The standard InChI is InChI=1S/C19H26O13/c1-9(20)26-7-15-16(28-11(3)22)17(29-12(4)23)18(30-13(5)24)19(32-15,31-14(6)25)8-27-10(2)21/h15-18H,7-8H2,1-6H3/t15-,16-,17+,18+,19-/m1/s1. The second-order valence-electron chi connectivity index (χ2n) is 6.82. The first-order valence-corrected chi connectivity index (χ1v) is 9.43. The van der Waals surface area contributed by atoms with Crippen molar-refractivity contribution in [3.8, 4) is 0 Å². The van der Waals surface area contributed by atoms with Gasteiger partial charge in [-0.05, 0) is 0 Å². The summed E-state index contributed by atoms with van der Waals surface area (Å²) in [5, 5.41) is 0. The minimum Gasteiger partial charge on any atom is -0.463 e. The van der Waals surface area contributed by atoms with Crippen molar-refractivity contribution < 1.29 is 61.9 Å². The van der Waals surface area contributed by atoms with Gasteiger partial charge in [-0.3, -0.25) is 28.8 Å².